The van der Waals surface area contributed by atoms with Crippen molar-refractivity contribution in [3.8, 4) is 0 Å². The summed E-state index contributed by atoms with van der Waals surface area (Å²) in [5.41, 5.74) is 7.88. The van der Waals surface area contributed by atoms with Crippen LogP contribution in [0.15, 0.2) is 6.20 Å². The quantitative estimate of drug-likeness (QED) is 0.847. The Balaban J connectivity index is 2.31. The molecule has 1 aliphatic rings. The Hall–Kier alpha value is -1.16. The number of aryl methyl sites for hydroxylation is 2. The maximum absolute atomic E-state index is 5.87. The Bertz CT molecular complexity index is 391. The van der Waals surface area contributed by atoms with Crippen LogP contribution in [-0.2, 0) is 0 Å². The summed E-state index contributed by atoms with van der Waals surface area (Å²) in [6, 6.07) is 0.920. The van der Waals surface area contributed by atoms with Gasteiger partial charge in [-0.25, -0.2) is 4.98 Å². The molecule has 94 valence electrons. The van der Waals surface area contributed by atoms with Crippen molar-refractivity contribution in [2.45, 2.75) is 52.1 Å². The highest BCUT2D eigenvalue weighted by Gasteiger charge is 2.28. The zero-order chi connectivity index (χ0) is 12.4. The fraction of sp³-hybridized carbons (Fsp3) is 0.692. The highest BCUT2D eigenvalue weighted by atomic mass is 15.3. The molecule has 1 aromatic heterocycles. The largest absolute Gasteiger partial charge is 0.348 e. The van der Waals surface area contributed by atoms with Crippen LogP contribution in [0.25, 0.3) is 0 Å². The average Bonchev–Trinajstić information content (AvgIpc) is 2.32. The van der Waals surface area contributed by atoms with Gasteiger partial charge in [-0.3, -0.25) is 4.98 Å². The normalized spacial score (nSPS) is 25.1. The van der Waals surface area contributed by atoms with E-state index in [2.05, 4.69) is 21.8 Å². The predicted molar refractivity (Wildman–Crippen MR) is 70.1 cm³/mol. The summed E-state index contributed by atoms with van der Waals surface area (Å²) in [4.78, 5) is 11.4. The van der Waals surface area contributed by atoms with Crippen molar-refractivity contribution in [2.75, 3.05) is 11.4 Å². The van der Waals surface area contributed by atoms with Crippen molar-refractivity contribution in [3.63, 3.8) is 0 Å². The van der Waals surface area contributed by atoms with Crippen molar-refractivity contribution in [1.29, 1.82) is 0 Å². The second kappa shape index (κ2) is 5.00. The minimum Gasteiger partial charge on any atom is -0.348 e. The molecule has 4 nitrogen and oxygen atoms in total. The van der Waals surface area contributed by atoms with Gasteiger partial charge < -0.3 is 10.6 Å². The van der Waals surface area contributed by atoms with Crippen molar-refractivity contribution in [3.05, 3.63) is 17.6 Å². The molecule has 0 amide bonds. The number of hydrogen-bond acceptors (Lipinski definition) is 4. The number of rotatable bonds is 2. The molecular formula is C13H22N4. The lowest BCUT2D eigenvalue weighted by atomic mass is 9.96. The van der Waals surface area contributed by atoms with Gasteiger partial charge in [0.25, 0.3) is 0 Å². The van der Waals surface area contributed by atoms with E-state index < -0.39 is 0 Å². The number of anilines is 1. The van der Waals surface area contributed by atoms with Crippen LogP contribution >= 0.6 is 0 Å². The zero-order valence-corrected chi connectivity index (χ0v) is 11.0. The van der Waals surface area contributed by atoms with Crippen LogP contribution < -0.4 is 10.6 Å². The van der Waals surface area contributed by atoms with E-state index >= 15 is 0 Å². The second-order valence-electron chi connectivity index (χ2n) is 4.98. The molecule has 1 fully saturated rings. The molecule has 0 aliphatic carbocycles. The average molecular weight is 234 g/mol. The van der Waals surface area contributed by atoms with Crippen molar-refractivity contribution < 1.29 is 0 Å². The highest BCUT2D eigenvalue weighted by molar-refractivity contribution is 5.41. The second-order valence-corrected chi connectivity index (χ2v) is 4.98. The molecule has 2 N–H and O–H groups in total. The summed E-state index contributed by atoms with van der Waals surface area (Å²) in [5, 5.41) is 0. The fourth-order valence-corrected chi connectivity index (χ4v) is 2.59. The molecule has 0 bridgehead atoms. The first-order valence-electron chi connectivity index (χ1n) is 6.42. The van der Waals surface area contributed by atoms with Gasteiger partial charge in [0.15, 0.2) is 0 Å². The van der Waals surface area contributed by atoms with Crippen LogP contribution in [-0.4, -0.2) is 28.6 Å². The molecule has 1 saturated heterocycles. The molecule has 2 rings (SSSR count). The van der Waals surface area contributed by atoms with E-state index in [0.29, 0.717) is 18.6 Å². The fourth-order valence-electron chi connectivity index (χ4n) is 2.59. The zero-order valence-electron chi connectivity index (χ0n) is 11.0. The van der Waals surface area contributed by atoms with Gasteiger partial charge in [-0.2, -0.15) is 0 Å². The first kappa shape index (κ1) is 12.3. The van der Waals surface area contributed by atoms with Gasteiger partial charge in [0.05, 0.1) is 17.6 Å². The van der Waals surface area contributed by atoms with Crippen molar-refractivity contribution in [2.24, 2.45) is 5.73 Å². The van der Waals surface area contributed by atoms with E-state index in [1.165, 1.54) is 12.8 Å². The standard InChI is InChI=1S/C13H22N4/c1-9-5-4-6-12(7-14)17(9)13-8-15-10(2)11(3)16-13/h8-9,12H,4-7,14H2,1-3H3. The van der Waals surface area contributed by atoms with Crippen molar-refractivity contribution >= 4 is 5.82 Å². The number of nitrogens with two attached hydrogens (primary N) is 1. The summed E-state index contributed by atoms with van der Waals surface area (Å²) in [7, 11) is 0. The summed E-state index contributed by atoms with van der Waals surface area (Å²) in [6.45, 7) is 6.95. The molecular weight excluding hydrogens is 212 g/mol. The topological polar surface area (TPSA) is 55.0 Å². The predicted octanol–water partition coefficient (Wildman–Crippen LogP) is 1.80. The molecule has 2 atom stereocenters. The van der Waals surface area contributed by atoms with E-state index in [9.17, 15) is 0 Å². The minimum atomic E-state index is 0.412. The minimum absolute atomic E-state index is 0.412. The SMILES string of the molecule is Cc1ncc(N2C(C)CCCC2CN)nc1C. The van der Waals surface area contributed by atoms with E-state index in [1.54, 1.807) is 0 Å². The first-order valence-corrected chi connectivity index (χ1v) is 6.42. The van der Waals surface area contributed by atoms with E-state index in [0.717, 1.165) is 23.6 Å². The summed E-state index contributed by atoms with van der Waals surface area (Å²) in [6.07, 6.45) is 5.52. The monoisotopic (exact) mass is 234 g/mol. The van der Waals surface area contributed by atoms with Gasteiger partial charge in [-0.05, 0) is 40.0 Å². The highest BCUT2D eigenvalue weighted by Crippen LogP contribution is 2.27. The van der Waals surface area contributed by atoms with Crippen LogP contribution in [0, 0.1) is 13.8 Å². The molecule has 2 heterocycles. The van der Waals surface area contributed by atoms with Crippen LogP contribution in [0.5, 0.6) is 0 Å². The maximum Gasteiger partial charge on any atom is 0.147 e. The Morgan fingerprint density at radius 2 is 2.12 bits per heavy atom. The van der Waals surface area contributed by atoms with Gasteiger partial charge >= 0.3 is 0 Å². The van der Waals surface area contributed by atoms with Gasteiger partial charge in [-0.1, -0.05) is 0 Å². The Morgan fingerprint density at radius 3 is 2.76 bits per heavy atom. The lowest BCUT2D eigenvalue weighted by molar-refractivity contribution is 0.397. The number of piperidine rings is 1. The molecule has 0 radical (unpaired) electrons. The van der Waals surface area contributed by atoms with Gasteiger partial charge in [0, 0.05) is 18.6 Å². The van der Waals surface area contributed by atoms with Crippen LogP contribution in [0.4, 0.5) is 5.82 Å². The molecule has 2 unspecified atom stereocenters. The Kier molecular flexibility index (Phi) is 3.62. The maximum atomic E-state index is 5.87. The van der Waals surface area contributed by atoms with Gasteiger partial charge in [0.1, 0.15) is 5.82 Å². The third-order valence-electron chi connectivity index (χ3n) is 3.74. The van der Waals surface area contributed by atoms with E-state index in [1.807, 2.05) is 20.0 Å². The molecule has 4 heteroatoms. The summed E-state index contributed by atoms with van der Waals surface area (Å²) >= 11 is 0. The number of hydrogen-bond donors (Lipinski definition) is 1. The molecule has 0 aromatic carbocycles. The van der Waals surface area contributed by atoms with Crippen LogP contribution in [0.3, 0.4) is 0 Å². The molecule has 1 aromatic rings. The van der Waals surface area contributed by atoms with Crippen molar-refractivity contribution in [1.82, 2.24) is 9.97 Å². The van der Waals surface area contributed by atoms with Gasteiger partial charge in [-0.15, -0.1) is 0 Å². The molecule has 17 heavy (non-hydrogen) atoms. The number of aromatic nitrogens is 2. The Labute approximate surface area is 103 Å². The lowest BCUT2D eigenvalue weighted by Crippen LogP contribution is -2.49. The smallest absolute Gasteiger partial charge is 0.147 e. The summed E-state index contributed by atoms with van der Waals surface area (Å²) in [5.74, 6) is 0.982. The third kappa shape index (κ3) is 2.41. The van der Waals surface area contributed by atoms with E-state index in [-0.39, 0.29) is 0 Å². The third-order valence-corrected chi connectivity index (χ3v) is 3.74. The van der Waals surface area contributed by atoms with Crippen LogP contribution in [0.2, 0.25) is 0 Å². The molecule has 0 saturated carbocycles. The number of nitrogens with zero attached hydrogens (tertiary/aromatic N) is 3. The molecule has 0 spiro atoms. The van der Waals surface area contributed by atoms with Crippen LogP contribution in [0.1, 0.15) is 37.6 Å². The first-order chi connectivity index (χ1) is 8.13. The summed E-state index contributed by atoms with van der Waals surface area (Å²) < 4.78 is 0. The molecule has 1 aliphatic heterocycles. The lowest BCUT2D eigenvalue weighted by Gasteiger charge is -2.41. The Morgan fingerprint density at radius 1 is 1.35 bits per heavy atom. The van der Waals surface area contributed by atoms with E-state index in [4.69, 9.17) is 5.73 Å². The van der Waals surface area contributed by atoms with Gasteiger partial charge in [0.2, 0.25) is 0 Å².